The van der Waals surface area contributed by atoms with E-state index in [1.807, 2.05) is 0 Å². The topological polar surface area (TPSA) is 35.5 Å². The van der Waals surface area contributed by atoms with E-state index in [0.29, 0.717) is 6.42 Å². The number of hydrogen-bond acceptors (Lipinski definition) is 3. The van der Waals surface area contributed by atoms with Crippen molar-refractivity contribution < 1.29 is 14.0 Å². The van der Waals surface area contributed by atoms with Gasteiger partial charge in [0.15, 0.2) is 8.32 Å². The summed E-state index contributed by atoms with van der Waals surface area (Å²) in [5.41, 5.74) is 0. The predicted octanol–water partition coefficient (Wildman–Crippen LogP) is 5.47. The molecule has 0 amide bonds. The molecule has 0 rings (SSSR count). The molecule has 1 atom stereocenters. The molecule has 0 aromatic carbocycles. The van der Waals surface area contributed by atoms with Gasteiger partial charge in [0.05, 0.1) is 13.2 Å². The van der Waals surface area contributed by atoms with Crippen LogP contribution in [0.5, 0.6) is 0 Å². The maximum Gasteiger partial charge on any atom is 0.305 e. The minimum absolute atomic E-state index is 0.106. The van der Waals surface area contributed by atoms with Gasteiger partial charge >= 0.3 is 5.97 Å². The normalized spacial score (nSPS) is 13.5. The van der Waals surface area contributed by atoms with E-state index in [1.165, 1.54) is 26.4 Å². The maximum atomic E-state index is 11.1. The largest absolute Gasteiger partial charge is 0.469 e. The van der Waals surface area contributed by atoms with Gasteiger partial charge in [0.1, 0.15) is 0 Å². The van der Waals surface area contributed by atoms with Crippen LogP contribution in [0.2, 0.25) is 19.6 Å². The van der Waals surface area contributed by atoms with Crippen LogP contribution in [0.3, 0.4) is 0 Å². The second-order valence-electron chi connectivity index (χ2n) is 6.87. The summed E-state index contributed by atoms with van der Waals surface area (Å²) in [6.45, 7) is 8.95. The molecule has 4 heteroatoms. The Hall–Kier alpha value is -0.613. The molecule has 3 nitrogen and oxygen atoms in total. The summed E-state index contributed by atoms with van der Waals surface area (Å²) in [6, 6.07) is 0. The van der Waals surface area contributed by atoms with Crippen LogP contribution in [-0.2, 0) is 14.0 Å². The first kappa shape index (κ1) is 21.4. The van der Waals surface area contributed by atoms with Crippen LogP contribution in [0.15, 0.2) is 12.2 Å². The Balaban J connectivity index is 4.05. The summed E-state index contributed by atoms with van der Waals surface area (Å²) in [5, 5.41) is 0. The highest BCUT2D eigenvalue weighted by Crippen LogP contribution is 2.16. The summed E-state index contributed by atoms with van der Waals surface area (Å²) in [5.74, 6) is -0.106. The Morgan fingerprint density at radius 1 is 1.09 bits per heavy atom. The fraction of sp³-hybridized carbons (Fsp3) is 0.833. The van der Waals surface area contributed by atoms with E-state index in [9.17, 15) is 4.79 Å². The predicted molar refractivity (Wildman–Crippen MR) is 96.6 cm³/mol. The second-order valence-corrected chi connectivity index (χ2v) is 11.3. The summed E-state index contributed by atoms with van der Waals surface area (Å²) >= 11 is 0. The van der Waals surface area contributed by atoms with E-state index in [2.05, 4.69) is 43.5 Å². The third-order valence-electron chi connectivity index (χ3n) is 3.43. The lowest BCUT2D eigenvalue weighted by Crippen LogP contribution is -2.31. The first-order valence-electron chi connectivity index (χ1n) is 8.80. The Morgan fingerprint density at radius 3 is 2.41 bits per heavy atom. The minimum Gasteiger partial charge on any atom is -0.469 e. The zero-order valence-electron chi connectivity index (χ0n) is 15.3. The fourth-order valence-corrected chi connectivity index (χ4v) is 3.41. The van der Waals surface area contributed by atoms with Crippen molar-refractivity contribution in [2.75, 3.05) is 7.11 Å². The van der Waals surface area contributed by atoms with Crippen LogP contribution in [0.1, 0.15) is 64.7 Å². The van der Waals surface area contributed by atoms with Gasteiger partial charge in [-0.2, -0.15) is 0 Å². The van der Waals surface area contributed by atoms with Crippen molar-refractivity contribution in [1.29, 1.82) is 0 Å². The lowest BCUT2D eigenvalue weighted by Gasteiger charge is -2.24. The molecule has 1 unspecified atom stereocenters. The van der Waals surface area contributed by atoms with Crippen molar-refractivity contribution in [3.63, 3.8) is 0 Å². The average molecular weight is 329 g/mol. The molecule has 0 fully saturated rings. The van der Waals surface area contributed by atoms with E-state index in [0.717, 1.165) is 32.1 Å². The van der Waals surface area contributed by atoms with Gasteiger partial charge in [-0.1, -0.05) is 44.8 Å². The molecule has 0 aliphatic heterocycles. The smallest absolute Gasteiger partial charge is 0.305 e. The van der Waals surface area contributed by atoms with Gasteiger partial charge in [0.2, 0.25) is 0 Å². The standard InChI is InChI=1S/C18H36O3Si/c1-6-7-8-9-11-14-17(21-22(3,4)5)15-12-10-13-16-18(19)20-2/h11,14,17H,6-10,12-13,15-16H2,1-5H3/b14-11+. The quantitative estimate of drug-likeness (QED) is 0.195. The van der Waals surface area contributed by atoms with Crippen LogP contribution in [0.25, 0.3) is 0 Å². The van der Waals surface area contributed by atoms with Crippen LogP contribution < -0.4 is 0 Å². The third-order valence-corrected chi connectivity index (χ3v) is 4.44. The second kappa shape index (κ2) is 12.9. The fourth-order valence-electron chi connectivity index (χ4n) is 2.30. The third kappa shape index (κ3) is 14.3. The van der Waals surface area contributed by atoms with Crippen molar-refractivity contribution >= 4 is 14.3 Å². The Bertz CT molecular complexity index is 308. The van der Waals surface area contributed by atoms with E-state index in [1.54, 1.807) is 0 Å². The molecule has 0 aromatic heterocycles. The van der Waals surface area contributed by atoms with Crippen molar-refractivity contribution in [3.05, 3.63) is 12.2 Å². The molecule has 0 aliphatic carbocycles. The van der Waals surface area contributed by atoms with E-state index in [4.69, 9.17) is 4.43 Å². The molecule has 0 bridgehead atoms. The van der Waals surface area contributed by atoms with Crippen LogP contribution >= 0.6 is 0 Å². The highest BCUT2D eigenvalue weighted by molar-refractivity contribution is 6.69. The molecule has 0 aromatic rings. The van der Waals surface area contributed by atoms with E-state index in [-0.39, 0.29) is 12.1 Å². The van der Waals surface area contributed by atoms with Gasteiger partial charge in [-0.15, -0.1) is 0 Å². The van der Waals surface area contributed by atoms with Gasteiger partial charge in [-0.25, -0.2) is 0 Å². The molecule has 0 spiro atoms. The highest BCUT2D eigenvalue weighted by Gasteiger charge is 2.19. The van der Waals surface area contributed by atoms with Crippen molar-refractivity contribution in [1.82, 2.24) is 0 Å². The summed E-state index contributed by atoms with van der Waals surface area (Å²) in [7, 11) is -0.0653. The molecule has 0 N–H and O–H groups in total. The maximum absolute atomic E-state index is 11.1. The monoisotopic (exact) mass is 328 g/mol. The van der Waals surface area contributed by atoms with Gasteiger partial charge in [0.25, 0.3) is 0 Å². The number of esters is 1. The number of unbranched alkanes of at least 4 members (excludes halogenated alkanes) is 5. The zero-order chi connectivity index (χ0) is 16.8. The molecule has 0 saturated carbocycles. The first-order valence-corrected chi connectivity index (χ1v) is 12.2. The summed E-state index contributed by atoms with van der Waals surface area (Å²) in [4.78, 5) is 11.1. The number of rotatable bonds is 13. The Kier molecular flexibility index (Phi) is 12.5. The number of carbonyl (C=O) groups excluding carboxylic acids is 1. The van der Waals surface area contributed by atoms with Crippen LogP contribution in [-0.4, -0.2) is 27.5 Å². The van der Waals surface area contributed by atoms with Crippen molar-refractivity contribution in [2.24, 2.45) is 0 Å². The van der Waals surface area contributed by atoms with Crippen molar-refractivity contribution in [3.8, 4) is 0 Å². The van der Waals surface area contributed by atoms with Crippen LogP contribution in [0.4, 0.5) is 0 Å². The van der Waals surface area contributed by atoms with E-state index >= 15 is 0 Å². The lowest BCUT2D eigenvalue weighted by molar-refractivity contribution is -0.140. The molecular weight excluding hydrogens is 292 g/mol. The van der Waals surface area contributed by atoms with Crippen molar-refractivity contribution in [2.45, 2.75) is 90.5 Å². The van der Waals surface area contributed by atoms with Gasteiger partial charge in [-0.05, 0) is 45.3 Å². The van der Waals surface area contributed by atoms with Crippen LogP contribution in [0, 0.1) is 0 Å². The molecule has 0 saturated heterocycles. The number of methoxy groups -OCH3 is 1. The Morgan fingerprint density at radius 2 is 1.82 bits per heavy atom. The van der Waals surface area contributed by atoms with Gasteiger partial charge < -0.3 is 9.16 Å². The first-order chi connectivity index (χ1) is 10.4. The molecule has 0 heterocycles. The van der Waals surface area contributed by atoms with Gasteiger partial charge in [-0.3, -0.25) is 4.79 Å². The number of hydrogen-bond donors (Lipinski definition) is 0. The minimum atomic E-state index is -1.51. The number of ether oxygens (including phenoxy) is 1. The SMILES string of the molecule is CCCCC/C=C/C(CCCCCC(=O)OC)O[Si](C)(C)C. The molecule has 0 radical (unpaired) electrons. The summed E-state index contributed by atoms with van der Waals surface area (Å²) in [6.07, 6.45) is 14.4. The Labute approximate surface area is 138 Å². The molecule has 130 valence electrons. The van der Waals surface area contributed by atoms with E-state index < -0.39 is 8.32 Å². The zero-order valence-corrected chi connectivity index (χ0v) is 16.3. The van der Waals surface area contributed by atoms with Gasteiger partial charge in [0, 0.05) is 6.42 Å². The average Bonchev–Trinajstić information content (AvgIpc) is 2.44. The lowest BCUT2D eigenvalue weighted by atomic mass is 10.1. The molecular formula is C18H36O3Si. The molecule has 22 heavy (non-hydrogen) atoms. The molecule has 0 aliphatic rings. The number of carbonyl (C=O) groups is 1. The number of allylic oxidation sites excluding steroid dienone is 1. The summed E-state index contributed by atoms with van der Waals surface area (Å²) < 4.78 is 10.9. The highest BCUT2D eigenvalue weighted by atomic mass is 28.4.